The molecule has 128 valence electrons. The van der Waals surface area contributed by atoms with Crippen LogP contribution in [0.15, 0.2) is 54.7 Å². The van der Waals surface area contributed by atoms with Crippen molar-refractivity contribution < 1.29 is 13.9 Å². The number of hydrogen-bond acceptors (Lipinski definition) is 3. The van der Waals surface area contributed by atoms with Gasteiger partial charge in [0.25, 0.3) is 0 Å². The lowest BCUT2D eigenvalue weighted by Crippen LogP contribution is -2.43. The summed E-state index contributed by atoms with van der Waals surface area (Å²) in [6.45, 7) is 0.275. The van der Waals surface area contributed by atoms with Crippen molar-refractivity contribution in [3.05, 3.63) is 71.8 Å². The fourth-order valence-corrected chi connectivity index (χ4v) is 3.68. The third-order valence-corrected chi connectivity index (χ3v) is 4.86. The van der Waals surface area contributed by atoms with Gasteiger partial charge in [0.05, 0.1) is 11.7 Å². The zero-order valence-electron chi connectivity index (χ0n) is 13.8. The van der Waals surface area contributed by atoms with Gasteiger partial charge < -0.3 is 4.74 Å². The molecule has 1 saturated heterocycles. The normalized spacial score (nSPS) is 21.8. The number of halogens is 1. The summed E-state index contributed by atoms with van der Waals surface area (Å²) in [6, 6.07) is 12.5. The first-order valence-electron chi connectivity index (χ1n) is 8.52. The van der Waals surface area contributed by atoms with E-state index < -0.39 is 0 Å². The highest BCUT2D eigenvalue weighted by Gasteiger charge is 2.40. The van der Waals surface area contributed by atoms with Crippen LogP contribution in [-0.2, 0) is 11.3 Å². The van der Waals surface area contributed by atoms with Crippen LogP contribution >= 0.6 is 0 Å². The maximum atomic E-state index is 13.4. The number of benzene rings is 1. The summed E-state index contributed by atoms with van der Waals surface area (Å²) in [7, 11) is 0. The summed E-state index contributed by atoms with van der Waals surface area (Å²) in [5.41, 5.74) is 2.65. The summed E-state index contributed by atoms with van der Waals surface area (Å²) in [5, 5.41) is 0. The minimum absolute atomic E-state index is 0.00194. The number of pyridine rings is 1. The predicted octanol–water partition coefficient (Wildman–Crippen LogP) is 4.18. The Hall–Kier alpha value is -2.69. The third-order valence-electron chi connectivity index (χ3n) is 4.86. The summed E-state index contributed by atoms with van der Waals surface area (Å²) in [4.78, 5) is 18.6. The summed E-state index contributed by atoms with van der Waals surface area (Å²) >= 11 is 0. The highest BCUT2D eigenvalue weighted by atomic mass is 19.1. The molecule has 4 nitrogen and oxygen atoms in total. The van der Waals surface area contributed by atoms with E-state index in [2.05, 4.69) is 4.98 Å². The molecule has 1 aromatic heterocycles. The van der Waals surface area contributed by atoms with Crippen molar-refractivity contribution in [2.24, 2.45) is 0 Å². The van der Waals surface area contributed by atoms with Crippen LogP contribution in [0.1, 0.15) is 30.5 Å². The summed E-state index contributed by atoms with van der Waals surface area (Å²) < 4.78 is 18.9. The molecule has 2 atom stereocenters. The molecule has 1 aromatic carbocycles. The van der Waals surface area contributed by atoms with Gasteiger partial charge in [0.2, 0.25) is 0 Å². The highest BCUT2D eigenvalue weighted by molar-refractivity contribution is 5.74. The van der Waals surface area contributed by atoms with Gasteiger partial charge in [-0.25, -0.2) is 9.18 Å². The lowest BCUT2D eigenvalue weighted by molar-refractivity contribution is 0.0832. The number of carbonyl (C=O) groups is 1. The molecule has 2 bridgehead atoms. The lowest BCUT2D eigenvalue weighted by Gasteiger charge is -2.33. The van der Waals surface area contributed by atoms with Crippen molar-refractivity contribution in [1.82, 2.24) is 9.88 Å². The predicted molar refractivity (Wildman–Crippen MR) is 92.1 cm³/mol. The quantitative estimate of drug-likeness (QED) is 0.843. The number of aromatic nitrogens is 1. The Morgan fingerprint density at radius 3 is 2.84 bits per heavy atom. The Kier molecular flexibility index (Phi) is 4.22. The maximum absolute atomic E-state index is 13.4. The molecule has 1 fully saturated rings. The van der Waals surface area contributed by atoms with Crippen LogP contribution in [0.4, 0.5) is 9.18 Å². The number of nitrogens with zero attached hydrogens (tertiary/aromatic N) is 2. The molecule has 25 heavy (non-hydrogen) atoms. The largest absolute Gasteiger partial charge is 0.445 e. The highest BCUT2D eigenvalue weighted by Crippen LogP contribution is 2.38. The molecule has 1 amide bonds. The van der Waals surface area contributed by atoms with Crippen LogP contribution in [0.25, 0.3) is 5.57 Å². The molecule has 0 aliphatic carbocycles. The van der Waals surface area contributed by atoms with Crippen LogP contribution in [0.5, 0.6) is 0 Å². The molecular formula is C20H19FN2O2. The number of carbonyl (C=O) groups excluding carboxylic acids is 1. The molecule has 2 aliphatic rings. The fraction of sp³-hybridized carbons (Fsp3) is 0.300. The van der Waals surface area contributed by atoms with Crippen molar-refractivity contribution in [2.75, 3.05) is 0 Å². The van der Waals surface area contributed by atoms with Crippen LogP contribution in [-0.4, -0.2) is 28.1 Å². The first-order valence-corrected chi connectivity index (χ1v) is 8.52. The molecule has 0 spiro atoms. The van der Waals surface area contributed by atoms with E-state index in [-0.39, 0.29) is 30.6 Å². The number of rotatable bonds is 3. The van der Waals surface area contributed by atoms with Crippen molar-refractivity contribution >= 4 is 11.7 Å². The van der Waals surface area contributed by atoms with Crippen molar-refractivity contribution in [1.29, 1.82) is 0 Å². The SMILES string of the molecule is O=C(OCc1ccccc1)N1C2C=C(c3cc(F)ccn3)CC1CC2. The monoisotopic (exact) mass is 338 g/mol. The molecule has 2 unspecified atom stereocenters. The third kappa shape index (κ3) is 3.27. The number of fused-ring (bicyclic) bond motifs is 2. The van der Waals surface area contributed by atoms with Gasteiger partial charge in [-0.05, 0) is 42.5 Å². The molecule has 0 N–H and O–H groups in total. The summed E-state index contributed by atoms with van der Waals surface area (Å²) in [6.07, 6.45) is 5.76. The maximum Gasteiger partial charge on any atom is 0.410 e. The van der Waals surface area contributed by atoms with E-state index in [1.807, 2.05) is 41.3 Å². The number of amides is 1. The van der Waals surface area contributed by atoms with Crippen LogP contribution in [0, 0.1) is 5.82 Å². The van der Waals surface area contributed by atoms with Gasteiger partial charge in [-0.15, -0.1) is 0 Å². The molecule has 2 aliphatic heterocycles. The molecule has 3 heterocycles. The molecule has 0 radical (unpaired) electrons. The number of hydrogen-bond donors (Lipinski definition) is 0. The number of ether oxygens (including phenoxy) is 1. The smallest absolute Gasteiger partial charge is 0.410 e. The standard InChI is InChI=1S/C20H19FN2O2/c21-16-8-9-22-19(12-16)15-10-17-6-7-18(11-15)23(17)20(24)25-13-14-4-2-1-3-5-14/h1-5,8-10,12,17-18H,6-7,11,13H2. The molecule has 4 rings (SSSR count). The molecular weight excluding hydrogens is 319 g/mol. The Morgan fingerprint density at radius 2 is 2.08 bits per heavy atom. The van der Waals surface area contributed by atoms with Crippen LogP contribution < -0.4 is 0 Å². The molecule has 0 saturated carbocycles. The zero-order valence-corrected chi connectivity index (χ0v) is 13.8. The second-order valence-corrected chi connectivity index (χ2v) is 6.50. The topological polar surface area (TPSA) is 42.4 Å². The van der Waals surface area contributed by atoms with E-state index in [9.17, 15) is 9.18 Å². The van der Waals surface area contributed by atoms with E-state index >= 15 is 0 Å². The Morgan fingerprint density at radius 1 is 1.24 bits per heavy atom. The van der Waals surface area contributed by atoms with Crippen molar-refractivity contribution in [3.8, 4) is 0 Å². The lowest BCUT2D eigenvalue weighted by atomic mass is 9.98. The average molecular weight is 338 g/mol. The minimum atomic E-state index is -0.289. The zero-order chi connectivity index (χ0) is 17.2. The van der Waals surface area contributed by atoms with Gasteiger partial charge in [-0.3, -0.25) is 9.88 Å². The first-order chi connectivity index (χ1) is 12.2. The summed E-state index contributed by atoms with van der Waals surface area (Å²) in [5.74, 6) is -0.289. The Labute approximate surface area is 145 Å². The Bertz CT molecular complexity index is 806. The Balaban J connectivity index is 1.47. The minimum Gasteiger partial charge on any atom is -0.445 e. The van der Waals surface area contributed by atoms with Gasteiger partial charge in [0.15, 0.2) is 0 Å². The van der Waals surface area contributed by atoms with Gasteiger partial charge in [0.1, 0.15) is 12.4 Å². The van der Waals surface area contributed by atoms with E-state index in [1.54, 1.807) is 0 Å². The van der Waals surface area contributed by atoms with E-state index in [4.69, 9.17) is 4.74 Å². The van der Waals surface area contributed by atoms with Gasteiger partial charge in [0, 0.05) is 12.2 Å². The fourth-order valence-electron chi connectivity index (χ4n) is 3.68. The average Bonchev–Trinajstić information content (AvgIpc) is 2.90. The van der Waals surface area contributed by atoms with Gasteiger partial charge in [-0.2, -0.15) is 0 Å². The molecule has 2 aromatic rings. The van der Waals surface area contributed by atoms with Gasteiger partial charge >= 0.3 is 6.09 Å². The van der Waals surface area contributed by atoms with E-state index in [0.717, 1.165) is 24.0 Å². The second-order valence-electron chi connectivity index (χ2n) is 6.50. The second kappa shape index (κ2) is 6.67. The first kappa shape index (κ1) is 15.8. The van der Waals surface area contributed by atoms with Crippen LogP contribution in [0.2, 0.25) is 0 Å². The van der Waals surface area contributed by atoms with Crippen molar-refractivity contribution in [2.45, 2.75) is 38.0 Å². The van der Waals surface area contributed by atoms with E-state index in [1.165, 1.54) is 18.3 Å². The van der Waals surface area contributed by atoms with Gasteiger partial charge in [-0.1, -0.05) is 36.4 Å². The van der Waals surface area contributed by atoms with Crippen molar-refractivity contribution in [3.63, 3.8) is 0 Å². The van der Waals surface area contributed by atoms with E-state index in [0.29, 0.717) is 12.1 Å². The molecule has 5 heteroatoms. The van der Waals surface area contributed by atoms with Crippen LogP contribution in [0.3, 0.4) is 0 Å².